The van der Waals surface area contributed by atoms with Gasteiger partial charge in [-0.1, -0.05) is 18.2 Å². The lowest BCUT2D eigenvalue weighted by molar-refractivity contribution is 0.102. The molecule has 0 radical (unpaired) electrons. The van der Waals surface area contributed by atoms with Crippen molar-refractivity contribution in [3.05, 3.63) is 65.9 Å². The number of rotatable bonds is 6. The standard InChI is InChI=1S/C24H26N4O4/c1-30-20-13-17(14-21-23(20)32-16-31-21)15-27-11-8-19(9-12-27)28-22(7-10-25-28)26-24(29)18-5-3-2-4-6-18/h2-7,10,13-14,19H,8-9,11-12,15-16H2,1H3,(H,26,29). The number of fused-ring (bicyclic) bond motifs is 1. The number of anilines is 1. The summed E-state index contributed by atoms with van der Waals surface area (Å²) in [6.07, 6.45) is 3.65. The molecule has 0 spiro atoms. The Bertz CT molecular complexity index is 1090. The molecule has 3 aromatic rings. The number of nitrogens with zero attached hydrogens (tertiary/aromatic N) is 3. The third-order valence-electron chi connectivity index (χ3n) is 5.98. The molecule has 3 heterocycles. The molecule has 1 fully saturated rings. The third kappa shape index (κ3) is 4.13. The minimum absolute atomic E-state index is 0.124. The molecule has 2 aromatic carbocycles. The van der Waals surface area contributed by atoms with Gasteiger partial charge in [0.2, 0.25) is 12.5 Å². The zero-order valence-corrected chi connectivity index (χ0v) is 18.0. The molecule has 0 bridgehead atoms. The summed E-state index contributed by atoms with van der Waals surface area (Å²) < 4.78 is 18.4. The van der Waals surface area contributed by atoms with E-state index in [4.69, 9.17) is 14.2 Å². The molecule has 1 amide bonds. The van der Waals surface area contributed by atoms with E-state index in [1.807, 2.05) is 41.1 Å². The monoisotopic (exact) mass is 434 g/mol. The number of carbonyl (C=O) groups is 1. The highest BCUT2D eigenvalue weighted by Gasteiger charge is 2.25. The van der Waals surface area contributed by atoms with Crippen LogP contribution < -0.4 is 19.5 Å². The van der Waals surface area contributed by atoms with Crippen molar-refractivity contribution in [3.8, 4) is 17.2 Å². The van der Waals surface area contributed by atoms with Crippen molar-refractivity contribution in [1.82, 2.24) is 14.7 Å². The Hall–Kier alpha value is -3.52. The van der Waals surface area contributed by atoms with Gasteiger partial charge >= 0.3 is 0 Å². The lowest BCUT2D eigenvalue weighted by Gasteiger charge is -2.32. The van der Waals surface area contributed by atoms with Gasteiger partial charge in [-0.15, -0.1) is 0 Å². The molecule has 8 nitrogen and oxygen atoms in total. The highest BCUT2D eigenvalue weighted by molar-refractivity contribution is 6.03. The molecular formula is C24H26N4O4. The smallest absolute Gasteiger partial charge is 0.256 e. The normalized spacial score (nSPS) is 16.2. The highest BCUT2D eigenvalue weighted by Crippen LogP contribution is 2.42. The Morgan fingerprint density at radius 1 is 1.16 bits per heavy atom. The van der Waals surface area contributed by atoms with E-state index >= 15 is 0 Å². The molecular weight excluding hydrogens is 408 g/mol. The Labute approximate surface area is 186 Å². The van der Waals surface area contributed by atoms with Crippen LogP contribution in [-0.4, -0.2) is 47.6 Å². The average molecular weight is 434 g/mol. The number of hydrogen-bond donors (Lipinski definition) is 1. The second-order valence-corrected chi connectivity index (χ2v) is 8.02. The Morgan fingerprint density at radius 3 is 2.75 bits per heavy atom. The Morgan fingerprint density at radius 2 is 1.97 bits per heavy atom. The van der Waals surface area contributed by atoms with Crippen molar-refractivity contribution in [3.63, 3.8) is 0 Å². The van der Waals surface area contributed by atoms with Crippen LogP contribution in [0, 0.1) is 0 Å². The van der Waals surface area contributed by atoms with Gasteiger partial charge in [-0.25, -0.2) is 4.68 Å². The fourth-order valence-electron chi connectivity index (χ4n) is 4.34. The van der Waals surface area contributed by atoms with Gasteiger partial charge in [-0.3, -0.25) is 9.69 Å². The number of ether oxygens (including phenoxy) is 3. The molecule has 1 aromatic heterocycles. The van der Waals surface area contributed by atoms with Gasteiger partial charge in [0.15, 0.2) is 11.5 Å². The molecule has 32 heavy (non-hydrogen) atoms. The maximum absolute atomic E-state index is 12.5. The minimum Gasteiger partial charge on any atom is -0.493 e. The van der Waals surface area contributed by atoms with E-state index < -0.39 is 0 Å². The van der Waals surface area contributed by atoms with Crippen molar-refractivity contribution in [2.75, 3.05) is 32.3 Å². The number of amides is 1. The van der Waals surface area contributed by atoms with Crippen LogP contribution in [0.3, 0.4) is 0 Å². The minimum atomic E-state index is -0.124. The zero-order valence-electron chi connectivity index (χ0n) is 18.0. The van der Waals surface area contributed by atoms with Crippen LogP contribution in [0.5, 0.6) is 17.2 Å². The molecule has 2 aliphatic rings. The topological polar surface area (TPSA) is 77.9 Å². The quantitative estimate of drug-likeness (QED) is 0.637. The average Bonchev–Trinajstić information content (AvgIpc) is 3.49. The van der Waals surface area contributed by atoms with Crippen molar-refractivity contribution in [2.45, 2.75) is 25.4 Å². The summed E-state index contributed by atoms with van der Waals surface area (Å²) >= 11 is 0. The van der Waals surface area contributed by atoms with E-state index in [0.29, 0.717) is 17.1 Å². The number of nitrogens with one attached hydrogen (secondary N) is 1. The SMILES string of the molecule is COc1cc(CN2CCC(n3nccc3NC(=O)c3ccccc3)CC2)cc2c1OCO2. The molecule has 0 atom stereocenters. The lowest BCUT2D eigenvalue weighted by Crippen LogP contribution is -2.35. The first kappa shape index (κ1) is 20.4. The number of likely N-dealkylation sites (tertiary alicyclic amines) is 1. The largest absolute Gasteiger partial charge is 0.493 e. The summed E-state index contributed by atoms with van der Waals surface area (Å²) in [4.78, 5) is 15.0. The summed E-state index contributed by atoms with van der Waals surface area (Å²) in [5, 5.41) is 7.49. The van der Waals surface area contributed by atoms with Crippen molar-refractivity contribution >= 4 is 11.7 Å². The lowest BCUT2D eigenvalue weighted by atomic mass is 10.0. The number of methoxy groups -OCH3 is 1. The van der Waals surface area contributed by atoms with Crippen LogP contribution >= 0.6 is 0 Å². The van der Waals surface area contributed by atoms with E-state index in [1.165, 1.54) is 0 Å². The molecule has 0 saturated carbocycles. The van der Waals surface area contributed by atoms with Gasteiger partial charge in [0, 0.05) is 31.3 Å². The number of aromatic nitrogens is 2. The van der Waals surface area contributed by atoms with Crippen LogP contribution in [0.2, 0.25) is 0 Å². The highest BCUT2D eigenvalue weighted by atomic mass is 16.7. The maximum Gasteiger partial charge on any atom is 0.256 e. The van der Waals surface area contributed by atoms with E-state index in [-0.39, 0.29) is 18.7 Å². The van der Waals surface area contributed by atoms with Crippen LogP contribution in [0.4, 0.5) is 5.82 Å². The van der Waals surface area contributed by atoms with Crippen molar-refractivity contribution < 1.29 is 19.0 Å². The summed E-state index contributed by atoms with van der Waals surface area (Å²) in [7, 11) is 1.64. The van der Waals surface area contributed by atoms with E-state index in [1.54, 1.807) is 25.4 Å². The van der Waals surface area contributed by atoms with Gasteiger partial charge in [-0.05, 0) is 42.7 Å². The number of hydrogen-bond acceptors (Lipinski definition) is 6. The number of benzene rings is 2. The number of carbonyl (C=O) groups excluding carboxylic acids is 1. The van der Waals surface area contributed by atoms with Crippen LogP contribution in [0.1, 0.15) is 34.8 Å². The summed E-state index contributed by atoms with van der Waals surface area (Å²) in [6, 6.07) is 15.4. The van der Waals surface area contributed by atoms with E-state index in [2.05, 4.69) is 15.3 Å². The number of piperidine rings is 1. The second-order valence-electron chi connectivity index (χ2n) is 8.02. The van der Waals surface area contributed by atoms with Crippen molar-refractivity contribution in [2.24, 2.45) is 0 Å². The second kappa shape index (κ2) is 8.92. The first-order chi connectivity index (χ1) is 15.7. The molecule has 0 unspecified atom stereocenters. The van der Waals surface area contributed by atoms with Gasteiger partial charge in [0.1, 0.15) is 5.82 Å². The van der Waals surface area contributed by atoms with E-state index in [9.17, 15) is 4.79 Å². The van der Waals surface area contributed by atoms with E-state index in [0.717, 1.165) is 49.6 Å². The summed E-state index contributed by atoms with van der Waals surface area (Å²) in [5.41, 5.74) is 1.77. The third-order valence-corrected chi connectivity index (χ3v) is 5.98. The van der Waals surface area contributed by atoms with Crippen LogP contribution in [-0.2, 0) is 6.54 Å². The van der Waals surface area contributed by atoms with Crippen LogP contribution in [0.25, 0.3) is 0 Å². The van der Waals surface area contributed by atoms with Gasteiger partial charge in [-0.2, -0.15) is 5.10 Å². The van der Waals surface area contributed by atoms with Gasteiger partial charge in [0.05, 0.1) is 19.3 Å². The first-order valence-electron chi connectivity index (χ1n) is 10.8. The summed E-state index contributed by atoms with van der Waals surface area (Å²) in [5.74, 6) is 2.74. The Kier molecular flexibility index (Phi) is 5.68. The van der Waals surface area contributed by atoms with Crippen molar-refractivity contribution in [1.29, 1.82) is 0 Å². The van der Waals surface area contributed by atoms with Gasteiger partial charge in [0.25, 0.3) is 5.91 Å². The fraction of sp³-hybridized carbons (Fsp3) is 0.333. The molecule has 8 heteroatoms. The molecule has 5 rings (SSSR count). The molecule has 1 N–H and O–H groups in total. The predicted octanol–water partition coefficient (Wildman–Crippen LogP) is 3.71. The zero-order chi connectivity index (χ0) is 21.9. The summed E-state index contributed by atoms with van der Waals surface area (Å²) in [6.45, 7) is 2.92. The van der Waals surface area contributed by atoms with Crippen LogP contribution in [0.15, 0.2) is 54.7 Å². The first-order valence-corrected chi connectivity index (χ1v) is 10.8. The maximum atomic E-state index is 12.5. The molecule has 2 aliphatic heterocycles. The Balaban J connectivity index is 1.21. The predicted molar refractivity (Wildman–Crippen MR) is 119 cm³/mol. The molecule has 166 valence electrons. The molecule has 1 saturated heterocycles. The fourth-order valence-corrected chi connectivity index (χ4v) is 4.34. The van der Waals surface area contributed by atoms with Gasteiger partial charge < -0.3 is 19.5 Å². The molecule has 0 aliphatic carbocycles.